The maximum absolute atomic E-state index is 13.2. The van der Waals surface area contributed by atoms with Gasteiger partial charge in [0, 0.05) is 36.5 Å². The zero-order valence-corrected chi connectivity index (χ0v) is 15.8. The third-order valence-corrected chi connectivity index (χ3v) is 7.08. The first-order valence-corrected chi connectivity index (χ1v) is 10.6. The van der Waals surface area contributed by atoms with E-state index in [4.69, 9.17) is 0 Å². The molecule has 1 amide bonds. The average Bonchev–Trinajstić information content (AvgIpc) is 2.98. The van der Waals surface area contributed by atoms with Crippen molar-refractivity contribution in [2.24, 2.45) is 0 Å². The molecule has 0 bridgehead atoms. The molecule has 0 saturated carbocycles. The third-order valence-electron chi connectivity index (χ3n) is 5.38. The predicted molar refractivity (Wildman–Crippen MR) is 101 cm³/mol. The largest absolute Gasteiger partial charge is 0.506 e. The van der Waals surface area contributed by atoms with Crippen LogP contribution < -0.4 is 0 Å². The van der Waals surface area contributed by atoms with E-state index in [9.17, 15) is 18.3 Å². The van der Waals surface area contributed by atoms with Crippen molar-refractivity contribution in [3.8, 4) is 17.0 Å². The van der Waals surface area contributed by atoms with Crippen LogP contribution in [0.3, 0.4) is 0 Å². The van der Waals surface area contributed by atoms with E-state index in [2.05, 4.69) is 4.98 Å². The van der Waals surface area contributed by atoms with Crippen molar-refractivity contribution >= 4 is 15.7 Å². The molecule has 8 heteroatoms. The van der Waals surface area contributed by atoms with Gasteiger partial charge < -0.3 is 10.0 Å². The minimum absolute atomic E-state index is 0.00840. The maximum atomic E-state index is 13.2. The second-order valence-electron chi connectivity index (χ2n) is 7.14. The molecule has 27 heavy (non-hydrogen) atoms. The van der Waals surface area contributed by atoms with E-state index in [0.717, 1.165) is 0 Å². The number of rotatable bonds is 2. The molecular formula is C19H21N3O4S. The minimum Gasteiger partial charge on any atom is -0.506 e. The molecule has 0 unspecified atom stereocenters. The van der Waals surface area contributed by atoms with Crippen molar-refractivity contribution < 1.29 is 18.3 Å². The van der Waals surface area contributed by atoms with E-state index in [1.165, 1.54) is 0 Å². The van der Waals surface area contributed by atoms with Crippen molar-refractivity contribution in [1.29, 1.82) is 0 Å². The molecular weight excluding hydrogens is 366 g/mol. The summed E-state index contributed by atoms with van der Waals surface area (Å²) in [5, 5.41) is 10.0. The Labute approximate surface area is 158 Å². The number of aromatic nitrogens is 1. The van der Waals surface area contributed by atoms with Crippen LogP contribution in [0.5, 0.6) is 5.75 Å². The van der Waals surface area contributed by atoms with E-state index in [0.29, 0.717) is 29.9 Å². The highest BCUT2D eigenvalue weighted by Crippen LogP contribution is 2.30. The van der Waals surface area contributed by atoms with Gasteiger partial charge >= 0.3 is 0 Å². The highest BCUT2D eigenvalue weighted by Gasteiger charge is 2.47. The first kappa shape index (κ1) is 17.9. The maximum Gasteiger partial charge on any atom is 0.254 e. The van der Waals surface area contributed by atoms with Crippen molar-refractivity contribution in [2.75, 3.05) is 31.6 Å². The molecule has 7 nitrogen and oxygen atoms in total. The normalized spacial score (nSPS) is 24.6. The summed E-state index contributed by atoms with van der Waals surface area (Å²) in [5.74, 6) is -0.0371. The number of piperazine rings is 1. The molecule has 142 valence electrons. The fourth-order valence-corrected chi connectivity index (χ4v) is 6.02. The number of hydrogen-bond donors (Lipinski definition) is 1. The molecule has 2 atom stereocenters. The lowest BCUT2D eigenvalue weighted by Gasteiger charge is -2.42. The number of hydrogen-bond acceptors (Lipinski definition) is 6. The fourth-order valence-electron chi connectivity index (χ4n) is 3.96. The molecule has 3 heterocycles. The zero-order chi connectivity index (χ0) is 19.2. The molecule has 0 aliphatic carbocycles. The number of benzene rings is 1. The first-order valence-electron chi connectivity index (χ1n) is 8.82. The van der Waals surface area contributed by atoms with E-state index >= 15 is 0 Å². The monoisotopic (exact) mass is 387 g/mol. The van der Waals surface area contributed by atoms with Gasteiger partial charge in [-0.3, -0.25) is 14.7 Å². The summed E-state index contributed by atoms with van der Waals surface area (Å²) in [6.45, 7) is 1.13. The van der Waals surface area contributed by atoms with Crippen LogP contribution in [0.4, 0.5) is 0 Å². The van der Waals surface area contributed by atoms with Crippen molar-refractivity contribution in [3.63, 3.8) is 0 Å². The van der Waals surface area contributed by atoms with E-state index in [1.54, 1.807) is 47.5 Å². The number of sulfone groups is 1. The zero-order valence-electron chi connectivity index (χ0n) is 14.9. The van der Waals surface area contributed by atoms with E-state index < -0.39 is 9.84 Å². The lowest BCUT2D eigenvalue weighted by Crippen LogP contribution is -2.59. The fraction of sp³-hybridized carbons (Fsp3) is 0.368. The van der Waals surface area contributed by atoms with Crippen LogP contribution in [0, 0.1) is 0 Å². The quantitative estimate of drug-likeness (QED) is 0.827. The van der Waals surface area contributed by atoms with E-state index in [1.807, 2.05) is 11.9 Å². The molecule has 2 aromatic rings. The minimum atomic E-state index is -3.15. The second kappa shape index (κ2) is 6.61. The topological polar surface area (TPSA) is 90.8 Å². The number of carbonyl (C=O) groups is 1. The van der Waals surface area contributed by atoms with Crippen LogP contribution in [0.1, 0.15) is 10.4 Å². The van der Waals surface area contributed by atoms with Crippen LogP contribution >= 0.6 is 0 Å². The smallest absolute Gasteiger partial charge is 0.254 e. The Hall–Kier alpha value is -2.45. The number of amides is 1. The molecule has 2 saturated heterocycles. The summed E-state index contributed by atoms with van der Waals surface area (Å²) in [7, 11) is -1.24. The third kappa shape index (κ3) is 3.30. The first-order chi connectivity index (χ1) is 12.9. The van der Waals surface area contributed by atoms with Crippen molar-refractivity contribution in [3.05, 3.63) is 48.2 Å². The van der Waals surface area contributed by atoms with Gasteiger partial charge in [-0.25, -0.2) is 8.42 Å². The average molecular weight is 387 g/mol. The Balaban J connectivity index is 1.65. The number of nitrogens with zero attached hydrogens (tertiary/aromatic N) is 3. The summed E-state index contributed by atoms with van der Waals surface area (Å²) in [4.78, 5) is 21.1. The molecule has 2 aliphatic rings. The lowest BCUT2D eigenvalue weighted by atomic mass is 10.0. The standard InChI is InChI=1S/C19H21N3O4S/c1-21-8-9-22(16-12-27(25,26)11-15(16)21)19(24)14-5-2-4-13(10-14)18-17(23)6-3-7-20-18/h2-7,10,15-16,23H,8-9,11-12H2,1H3/t15-,16+/m1/s1. The van der Waals surface area contributed by atoms with Crippen LogP contribution in [-0.4, -0.2) is 77.9 Å². The Morgan fingerprint density at radius 2 is 1.93 bits per heavy atom. The summed E-state index contributed by atoms with van der Waals surface area (Å²) >= 11 is 0. The summed E-state index contributed by atoms with van der Waals surface area (Å²) in [6.07, 6.45) is 1.58. The molecule has 4 rings (SSSR count). The van der Waals surface area contributed by atoms with Crippen LogP contribution in [-0.2, 0) is 9.84 Å². The van der Waals surface area contributed by atoms with Gasteiger partial charge in [-0.15, -0.1) is 0 Å². The molecule has 2 aliphatic heterocycles. The van der Waals surface area contributed by atoms with Crippen molar-refractivity contribution in [2.45, 2.75) is 12.1 Å². The van der Waals surface area contributed by atoms with Gasteiger partial charge in [0.2, 0.25) is 0 Å². The Morgan fingerprint density at radius 1 is 1.15 bits per heavy atom. The Morgan fingerprint density at radius 3 is 2.70 bits per heavy atom. The van der Waals surface area contributed by atoms with Gasteiger partial charge in [0.05, 0.1) is 17.5 Å². The number of likely N-dealkylation sites (N-methyl/N-ethyl adjacent to an activating group) is 1. The molecule has 0 radical (unpaired) electrons. The van der Waals surface area contributed by atoms with Gasteiger partial charge in [0.1, 0.15) is 11.4 Å². The SMILES string of the molecule is CN1CCN(C(=O)c2cccc(-c3ncccc3O)c2)[C@H]2CS(=O)(=O)C[C@H]21. The number of pyridine rings is 1. The van der Waals surface area contributed by atoms with Crippen LogP contribution in [0.25, 0.3) is 11.3 Å². The highest BCUT2D eigenvalue weighted by molar-refractivity contribution is 7.91. The van der Waals surface area contributed by atoms with Gasteiger partial charge in [0.15, 0.2) is 9.84 Å². The lowest BCUT2D eigenvalue weighted by molar-refractivity contribution is 0.0410. The Kier molecular flexibility index (Phi) is 4.39. The molecule has 1 aromatic heterocycles. The summed E-state index contributed by atoms with van der Waals surface area (Å²) in [6, 6.07) is 9.64. The van der Waals surface area contributed by atoms with Gasteiger partial charge in [-0.05, 0) is 31.3 Å². The predicted octanol–water partition coefficient (Wildman–Crippen LogP) is 1.01. The molecule has 2 fully saturated rings. The number of aromatic hydroxyl groups is 1. The molecule has 0 spiro atoms. The van der Waals surface area contributed by atoms with E-state index in [-0.39, 0.29) is 35.2 Å². The van der Waals surface area contributed by atoms with Gasteiger partial charge in [-0.2, -0.15) is 0 Å². The van der Waals surface area contributed by atoms with Crippen LogP contribution in [0.15, 0.2) is 42.6 Å². The number of fused-ring (bicyclic) bond motifs is 1. The van der Waals surface area contributed by atoms with Crippen molar-refractivity contribution in [1.82, 2.24) is 14.8 Å². The molecule has 1 aromatic carbocycles. The van der Waals surface area contributed by atoms with Crippen LogP contribution in [0.2, 0.25) is 0 Å². The van der Waals surface area contributed by atoms with Gasteiger partial charge in [-0.1, -0.05) is 12.1 Å². The summed E-state index contributed by atoms with van der Waals surface area (Å²) < 4.78 is 24.2. The summed E-state index contributed by atoms with van der Waals surface area (Å²) in [5.41, 5.74) is 1.51. The van der Waals surface area contributed by atoms with Gasteiger partial charge in [0.25, 0.3) is 5.91 Å². The molecule has 1 N–H and O–H groups in total. The number of carbonyl (C=O) groups excluding carboxylic acids is 1. The highest BCUT2D eigenvalue weighted by atomic mass is 32.2. The second-order valence-corrected chi connectivity index (χ2v) is 9.30. The Bertz CT molecular complexity index is 992.